The Hall–Kier alpha value is -2.13. The van der Waals surface area contributed by atoms with Crippen molar-refractivity contribution in [3.8, 4) is 0 Å². The molecule has 3 rings (SSSR count). The lowest BCUT2D eigenvalue weighted by molar-refractivity contribution is 0.0700. The molecule has 1 aromatic heterocycles. The van der Waals surface area contributed by atoms with Crippen LogP contribution < -0.4 is 5.32 Å². The van der Waals surface area contributed by atoms with E-state index in [1.165, 1.54) is 0 Å². The van der Waals surface area contributed by atoms with Crippen molar-refractivity contribution in [2.45, 2.75) is 13.3 Å². The molecule has 0 atom stereocenters. The number of carboxylic acids is 1. The first-order valence-corrected chi connectivity index (χ1v) is 8.46. The van der Waals surface area contributed by atoms with Crippen LogP contribution in [0.3, 0.4) is 0 Å². The largest absolute Gasteiger partial charge is 0.478 e. The van der Waals surface area contributed by atoms with Gasteiger partial charge in [-0.15, -0.1) is 0 Å². The number of aromatic amines is 1. The van der Waals surface area contributed by atoms with Crippen LogP contribution in [0.2, 0.25) is 0 Å². The van der Waals surface area contributed by atoms with Crippen LogP contribution in [0.4, 0.5) is 11.4 Å². The van der Waals surface area contributed by atoms with Gasteiger partial charge in [0.2, 0.25) is 0 Å². The molecular weight excluding hydrogens is 421 g/mol. The number of halogens is 1. The number of aromatic carboxylic acids is 1. The lowest BCUT2D eigenvalue weighted by Gasteiger charge is -2.12. The number of anilines is 2. The number of rotatable bonds is 5. The summed E-state index contributed by atoms with van der Waals surface area (Å²) in [6.07, 6.45) is 0.354. The minimum absolute atomic E-state index is 0.0464. The number of nitrogens with one attached hydrogen (secondary N) is 2. The van der Waals surface area contributed by atoms with Crippen molar-refractivity contribution in [1.82, 2.24) is 9.97 Å². The smallest absolute Gasteiger partial charge is 0.340 e. The SMILES string of the molecule is Cc1cc(I)ccc1Nc1ccc2[nH]c(CCO)nc2c1C(=O)O. The molecule has 4 N–H and O–H groups in total. The number of imidazole rings is 1. The van der Waals surface area contributed by atoms with Crippen LogP contribution in [-0.4, -0.2) is 32.8 Å². The lowest BCUT2D eigenvalue weighted by Crippen LogP contribution is -2.05. The first-order chi connectivity index (χ1) is 11.5. The molecule has 7 heteroatoms. The fourth-order valence-corrected chi connectivity index (χ4v) is 3.23. The zero-order chi connectivity index (χ0) is 17.3. The van der Waals surface area contributed by atoms with Gasteiger partial charge in [-0.2, -0.15) is 0 Å². The average molecular weight is 437 g/mol. The van der Waals surface area contributed by atoms with Crippen molar-refractivity contribution in [3.63, 3.8) is 0 Å². The second-order valence-electron chi connectivity index (χ2n) is 5.43. The molecule has 0 spiro atoms. The first kappa shape index (κ1) is 16.7. The van der Waals surface area contributed by atoms with Gasteiger partial charge in [-0.1, -0.05) is 0 Å². The van der Waals surface area contributed by atoms with E-state index in [1.54, 1.807) is 12.1 Å². The predicted molar refractivity (Wildman–Crippen MR) is 101 cm³/mol. The number of H-pyrrole nitrogens is 1. The zero-order valence-electron chi connectivity index (χ0n) is 12.9. The summed E-state index contributed by atoms with van der Waals surface area (Å²) in [5, 5.41) is 21.9. The second kappa shape index (κ2) is 6.78. The topological polar surface area (TPSA) is 98.2 Å². The van der Waals surface area contributed by atoms with Crippen LogP contribution in [0.25, 0.3) is 11.0 Å². The maximum Gasteiger partial charge on any atom is 0.340 e. The molecule has 0 aliphatic rings. The Bertz CT molecular complexity index is 921. The molecule has 0 aliphatic heterocycles. The fraction of sp³-hybridized carbons (Fsp3) is 0.176. The summed E-state index contributed by atoms with van der Waals surface area (Å²) in [6, 6.07) is 9.43. The highest BCUT2D eigenvalue weighted by molar-refractivity contribution is 14.1. The van der Waals surface area contributed by atoms with Gasteiger partial charge in [0, 0.05) is 15.7 Å². The van der Waals surface area contributed by atoms with E-state index in [0.29, 0.717) is 29.0 Å². The molecule has 0 amide bonds. The van der Waals surface area contributed by atoms with Crippen LogP contribution in [0, 0.1) is 10.5 Å². The molecule has 0 saturated carbocycles. The van der Waals surface area contributed by atoms with E-state index in [-0.39, 0.29) is 12.2 Å². The van der Waals surface area contributed by atoms with Gasteiger partial charge in [0.15, 0.2) is 0 Å². The Morgan fingerprint density at radius 1 is 1.29 bits per heavy atom. The number of aryl methyl sites for hydroxylation is 1. The van der Waals surface area contributed by atoms with Crippen LogP contribution in [0.5, 0.6) is 0 Å². The number of benzene rings is 2. The molecule has 124 valence electrons. The van der Waals surface area contributed by atoms with Gasteiger partial charge in [-0.05, 0) is 65.4 Å². The van der Waals surface area contributed by atoms with Crippen molar-refractivity contribution in [2.75, 3.05) is 11.9 Å². The van der Waals surface area contributed by atoms with Gasteiger partial charge in [-0.3, -0.25) is 0 Å². The summed E-state index contributed by atoms with van der Waals surface area (Å²) < 4.78 is 1.12. The molecule has 2 aromatic carbocycles. The van der Waals surface area contributed by atoms with E-state index in [2.05, 4.69) is 37.9 Å². The fourth-order valence-electron chi connectivity index (χ4n) is 2.58. The van der Waals surface area contributed by atoms with Crippen molar-refractivity contribution in [3.05, 3.63) is 50.9 Å². The Morgan fingerprint density at radius 3 is 2.71 bits per heavy atom. The molecule has 0 radical (unpaired) electrons. The minimum atomic E-state index is -1.05. The molecular formula is C17H16IN3O3. The number of carboxylic acid groups (broad SMARTS) is 1. The average Bonchev–Trinajstić information content (AvgIpc) is 2.92. The van der Waals surface area contributed by atoms with E-state index < -0.39 is 5.97 Å². The molecule has 0 bridgehead atoms. The summed E-state index contributed by atoms with van der Waals surface area (Å²) >= 11 is 2.24. The quantitative estimate of drug-likeness (QED) is 0.459. The second-order valence-corrected chi connectivity index (χ2v) is 6.68. The number of nitrogens with zero attached hydrogens (tertiary/aromatic N) is 1. The summed E-state index contributed by atoms with van der Waals surface area (Å²) in [4.78, 5) is 19.2. The van der Waals surface area contributed by atoms with E-state index in [4.69, 9.17) is 5.11 Å². The molecule has 0 fully saturated rings. The number of carbonyl (C=O) groups is 1. The standard InChI is InChI=1S/C17H16IN3O3/c1-9-8-10(18)2-3-11(9)19-12-4-5-13-16(15(12)17(23)24)21-14(20-13)6-7-22/h2-5,8,19,22H,6-7H2,1H3,(H,20,21)(H,23,24). The summed E-state index contributed by atoms with van der Waals surface area (Å²) in [5.41, 5.74) is 3.51. The number of aliphatic hydroxyl groups excluding tert-OH is 1. The Labute approximate surface area is 152 Å². The number of aromatic nitrogens is 2. The number of hydrogen-bond acceptors (Lipinski definition) is 4. The summed E-state index contributed by atoms with van der Waals surface area (Å²) in [7, 11) is 0. The van der Waals surface area contributed by atoms with Crippen LogP contribution >= 0.6 is 22.6 Å². The number of aliphatic hydroxyl groups is 1. The van der Waals surface area contributed by atoms with Gasteiger partial charge in [0.1, 0.15) is 16.9 Å². The van der Waals surface area contributed by atoms with Crippen LogP contribution in [-0.2, 0) is 6.42 Å². The predicted octanol–water partition coefficient (Wildman–Crippen LogP) is 3.45. The zero-order valence-corrected chi connectivity index (χ0v) is 15.1. The normalized spacial score (nSPS) is 11.0. The highest BCUT2D eigenvalue weighted by Crippen LogP contribution is 2.29. The van der Waals surface area contributed by atoms with Crippen molar-refractivity contribution < 1.29 is 15.0 Å². The monoisotopic (exact) mass is 437 g/mol. The molecule has 0 unspecified atom stereocenters. The Kier molecular flexibility index (Phi) is 4.72. The van der Waals surface area contributed by atoms with Gasteiger partial charge in [0.05, 0.1) is 17.8 Å². The molecule has 3 aromatic rings. The molecule has 6 nitrogen and oxygen atoms in total. The van der Waals surface area contributed by atoms with Crippen molar-refractivity contribution in [2.24, 2.45) is 0 Å². The van der Waals surface area contributed by atoms with Crippen molar-refractivity contribution >= 4 is 51.0 Å². The Morgan fingerprint density at radius 2 is 2.04 bits per heavy atom. The molecule has 1 heterocycles. The Balaban J connectivity index is 2.09. The van der Waals surface area contributed by atoms with E-state index in [0.717, 1.165) is 14.8 Å². The lowest BCUT2D eigenvalue weighted by atomic mass is 10.1. The molecule has 0 saturated heterocycles. The molecule has 0 aliphatic carbocycles. The van der Waals surface area contributed by atoms with E-state index in [1.807, 2.05) is 25.1 Å². The van der Waals surface area contributed by atoms with E-state index in [9.17, 15) is 9.90 Å². The summed E-state index contributed by atoms with van der Waals surface area (Å²) in [5.74, 6) is -0.481. The van der Waals surface area contributed by atoms with Gasteiger partial charge >= 0.3 is 5.97 Å². The maximum absolute atomic E-state index is 11.8. The molecule has 24 heavy (non-hydrogen) atoms. The highest BCUT2D eigenvalue weighted by Gasteiger charge is 2.18. The van der Waals surface area contributed by atoms with Gasteiger partial charge in [0.25, 0.3) is 0 Å². The maximum atomic E-state index is 11.8. The number of fused-ring (bicyclic) bond motifs is 1. The van der Waals surface area contributed by atoms with Crippen LogP contribution in [0.15, 0.2) is 30.3 Å². The van der Waals surface area contributed by atoms with Crippen LogP contribution in [0.1, 0.15) is 21.7 Å². The highest BCUT2D eigenvalue weighted by atomic mass is 127. The number of hydrogen-bond donors (Lipinski definition) is 4. The minimum Gasteiger partial charge on any atom is -0.478 e. The van der Waals surface area contributed by atoms with Gasteiger partial charge < -0.3 is 20.5 Å². The van der Waals surface area contributed by atoms with Gasteiger partial charge in [-0.25, -0.2) is 9.78 Å². The first-order valence-electron chi connectivity index (χ1n) is 7.38. The third-order valence-electron chi connectivity index (χ3n) is 3.72. The third-order valence-corrected chi connectivity index (χ3v) is 4.39. The third kappa shape index (κ3) is 3.22. The van der Waals surface area contributed by atoms with Crippen molar-refractivity contribution in [1.29, 1.82) is 0 Å². The summed E-state index contributed by atoms with van der Waals surface area (Å²) in [6.45, 7) is 1.92. The van der Waals surface area contributed by atoms with E-state index >= 15 is 0 Å².